The number of thiophene rings is 1. The number of nitrogens with zero attached hydrogens (tertiary/aromatic N) is 1. The molecule has 0 aliphatic carbocycles. The average Bonchev–Trinajstić information content (AvgIpc) is 3.28. The van der Waals surface area contributed by atoms with Gasteiger partial charge in [0.1, 0.15) is 18.2 Å². The third-order valence-electron chi connectivity index (χ3n) is 5.34. The van der Waals surface area contributed by atoms with Crippen molar-refractivity contribution in [1.82, 2.24) is 4.90 Å². The number of carbonyl (C=O) groups excluding carboxylic acids is 1. The van der Waals surface area contributed by atoms with Gasteiger partial charge in [0.2, 0.25) is 0 Å². The molecule has 1 amide bonds. The molecular formula is C22H24ClFN2O2S. The van der Waals surface area contributed by atoms with Gasteiger partial charge in [-0.1, -0.05) is 24.3 Å². The summed E-state index contributed by atoms with van der Waals surface area (Å²) >= 11 is 1.34. The van der Waals surface area contributed by atoms with Gasteiger partial charge in [0.05, 0.1) is 4.88 Å². The molecule has 1 aliphatic heterocycles. The molecule has 4 nitrogen and oxygen atoms in total. The van der Waals surface area contributed by atoms with Crippen LogP contribution in [0.2, 0.25) is 0 Å². The third-order valence-corrected chi connectivity index (χ3v) is 6.52. The van der Waals surface area contributed by atoms with E-state index in [0.717, 1.165) is 11.1 Å². The summed E-state index contributed by atoms with van der Waals surface area (Å²) in [5.41, 5.74) is 6.44. The molecule has 29 heavy (non-hydrogen) atoms. The number of ether oxygens (including phenoxy) is 1. The van der Waals surface area contributed by atoms with E-state index < -0.39 is 0 Å². The van der Waals surface area contributed by atoms with Gasteiger partial charge in [-0.3, -0.25) is 4.79 Å². The number of amides is 1. The lowest BCUT2D eigenvalue weighted by Gasteiger charge is -2.21. The molecule has 1 aliphatic rings. The van der Waals surface area contributed by atoms with E-state index in [4.69, 9.17) is 10.5 Å². The van der Waals surface area contributed by atoms with Crippen molar-refractivity contribution < 1.29 is 13.9 Å². The van der Waals surface area contributed by atoms with Crippen molar-refractivity contribution in [3.05, 3.63) is 64.8 Å². The van der Waals surface area contributed by atoms with E-state index in [9.17, 15) is 9.18 Å². The number of nitrogens with two attached hydrogens (primary N) is 1. The van der Waals surface area contributed by atoms with Gasteiger partial charge >= 0.3 is 0 Å². The van der Waals surface area contributed by atoms with Crippen molar-refractivity contribution in [1.29, 1.82) is 0 Å². The summed E-state index contributed by atoms with van der Waals surface area (Å²) in [6.45, 7) is 3.40. The summed E-state index contributed by atoms with van der Waals surface area (Å²) in [6, 6.07) is 14.4. The number of carbonyl (C=O) groups is 1. The minimum atomic E-state index is -0.325. The van der Waals surface area contributed by atoms with Crippen molar-refractivity contribution in [3.63, 3.8) is 0 Å². The van der Waals surface area contributed by atoms with Crippen LogP contribution in [0.15, 0.2) is 48.5 Å². The van der Waals surface area contributed by atoms with Crippen LogP contribution in [0.25, 0.3) is 10.1 Å². The van der Waals surface area contributed by atoms with Gasteiger partial charge in [-0.2, -0.15) is 0 Å². The molecule has 2 atom stereocenters. The first-order valence-corrected chi connectivity index (χ1v) is 10.3. The monoisotopic (exact) mass is 434 g/mol. The van der Waals surface area contributed by atoms with Crippen LogP contribution in [0.3, 0.4) is 0 Å². The number of halogens is 2. The van der Waals surface area contributed by atoms with Gasteiger partial charge in [-0.25, -0.2) is 4.39 Å². The van der Waals surface area contributed by atoms with Crippen molar-refractivity contribution in [3.8, 4) is 5.75 Å². The number of para-hydroxylation sites is 1. The first-order valence-electron chi connectivity index (χ1n) is 9.47. The lowest BCUT2D eigenvalue weighted by molar-refractivity contribution is 0.0746. The Morgan fingerprint density at radius 3 is 2.69 bits per heavy atom. The van der Waals surface area contributed by atoms with Crippen LogP contribution in [-0.2, 0) is 6.61 Å². The molecule has 4 rings (SSSR count). The number of hydrogen-bond donors (Lipinski definition) is 1. The van der Waals surface area contributed by atoms with E-state index in [1.807, 2.05) is 48.2 Å². The van der Waals surface area contributed by atoms with E-state index in [2.05, 4.69) is 0 Å². The highest BCUT2D eigenvalue weighted by molar-refractivity contribution is 7.21. The summed E-state index contributed by atoms with van der Waals surface area (Å²) in [4.78, 5) is 15.8. The quantitative estimate of drug-likeness (QED) is 0.624. The highest BCUT2D eigenvalue weighted by atomic mass is 35.5. The fourth-order valence-electron chi connectivity index (χ4n) is 3.88. The standard InChI is InChI=1S/C22H23FN2O2S.ClH/c1-14-10-15(11-24)12-25(14)22(26)21-17(13-27-16-6-3-2-4-7-16)20-18(23)8-5-9-19(20)28-21;/h2-9,14-15H,10-13,24H2,1H3;1H. The minimum absolute atomic E-state index is 0. The molecule has 2 aromatic carbocycles. The Morgan fingerprint density at radius 2 is 2.00 bits per heavy atom. The van der Waals surface area contributed by atoms with Crippen LogP contribution in [0.1, 0.15) is 28.6 Å². The summed E-state index contributed by atoms with van der Waals surface area (Å²) < 4.78 is 21.3. The van der Waals surface area contributed by atoms with Crippen LogP contribution in [-0.4, -0.2) is 29.9 Å². The normalized spacial score (nSPS) is 18.7. The molecule has 1 saturated heterocycles. The molecular weight excluding hydrogens is 411 g/mol. The number of rotatable bonds is 5. The van der Waals surface area contributed by atoms with Crippen LogP contribution >= 0.6 is 23.7 Å². The molecule has 0 spiro atoms. The van der Waals surface area contributed by atoms with Gasteiger partial charge in [0.25, 0.3) is 5.91 Å². The largest absolute Gasteiger partial charge is 0.489 e. The summed E-state index contributed by atoms with van der Waals surface area (Å²) in [6.07, 6.45) is 0.900. The molecule has 0 bridgehead atoms. The molecule has 0 saturated carbocycles. The maximum Gasteiger partial charge on any atom is 0.264 e. The Balaban J connectivity index is 0.00000240. The maximum atomic E-state index is 14.6. The lowest BCUT2D eigenvalue weighted by atomic mass is 10.1. The van der Waals surface area contributed by atoms with Gasteiger partial charge in [-0.05, 0) is 50.1 Å². The summed E-state index contributed by atoms with van der Waals surface area (Å²) in [5, 5.41) is 0.481. The Hall–Kier alpha value is -2.15. The molecule has 1 fully saturated rings. The smallest absolute Gasteiger partial charge is 0.264 e. The zero-order valence-corrected chi connectivity index (χ0v) is 17.8. The Morgan fingerprint density at radius 1 is 1.24 bits per heavy atom. The van der Waals surface area contributed by atoms with Crippen molar-refractivity contribution in [2.24, 2.45) is 11.7 Å². The van der Waals surface area contributed by atoms with E-state index in [0.29, 0.717) is 40.6 Å². The Labute approximate surface area is 179 Å². The molecule has 0 radical (unpaired) electrons. The third kappa shape index (κ3) is 4.25. The lowest BCUT2D eigenvalue weighted by Crippen LogP contribution is -2.34. The highest BCUT2D eigenvalue weighted by Crippen LogP contribution is 2.36. The predicted molar refractivity (Wildman–Crippen MR) is 117 cm³/mol. The van der Waals surface area contributed by atoms with Crippen molar-refractivity contribution >= 4 is 39.7 Å². The molecule has 2 heterocycles. The second kappa shape index (κ2) is 9.11. The molecule has 1 aromatic heterocycles. The zero-order valence-electron chi connectivity index (χ0n) is 16.1. The van der Waals surface area contributed by atoms with E-state index in [1.165, 1.54) is 17.4 Å². The fourth-order valence-corrected chi connectivity index (χ4v) is 5.05. The van der Waals surface area contributed by atoms with Gasteiger partial charge in [0.15, 0.2) is 0 Å². The van der Waals surface area contributed by atoms with Gasteiger partial charge in [-0.15, -0.1) is 23.7 Å². The van der Waals surface area contributed by atoms with Crippen LogP contribution in [0, 0.1) is 11.7 Å². The van der Waals surface area contributed by atoms with E-state index >= 15 is 0 Å². The Kier molecular flexibility index (Phi) is 6.77. The van der Waals surface area contributed by atoms with Crippen LogP contribution in [0.4, 0.5) is 4.39 Å². The topological polar surface area (TPSA) is 55.6 Å². The summed E-state index contributed by atoms with van der Waals surface area (Å²) in [5.74, 6) is 0.618. The van der Waals surface area contributed by atoms with Gasteiger partial charge in [0, 0.05) is 28.2 Å². The van der Waals surface area contributed by atoms with Gasteiger partial charge < -0.3 is 15.4 Å². The number of benzene rings is 2. The molecule has 3 aromatic rings. The Bertz CT molecular complexity index is 995. The minimum Gasteiger partial charge on any atom is -0.489 e. The van der Waals surface area contributed by atoms with E-state index in [1.54, 1.807) is 6.07 Å². The molecule has 7 heteroatoms. The van der Waals surface area contributed by atoms with Crippen molar-refractivity contribution in [2.75, 3.05) is 13.1 Å². The summed E-state index contributed by atoms with van der Waals surface area (Å²) in [7, 11) is 0. The fraction of sp³-hybridized carbons (Fsp3) is 0.318. The number of hydrogen-bond acceptors (Lipinski definition) is 4. The molecule has 154 valence electrons. The first-order chi connectivity index (χ1) is 13.6. The SMILES string of the molecule is CC1CC(CN)CN1C(=O)c1sc2cccc(F)c2c1COc1ccccc1.Cl. The predicted octanol–water partition coefficient (Wildman–Crippen LogP) is 4.85. The number of fused-ring (bicyclic) bond motifs is 1. The maximum absolute atomic E-state index is 14.6. The van der Waals surface area contributed by atoms with Crippen LogP contribution in [0.5, 0.6) is 5.75 Å². The first kappa shape index (κ1) is 21.6. The van der Waals surface area contributed by atoms with Crippen LogP contribution < -0.4 is 10.5 Å². The highest BCUT2D eigenvalue weighted by Gasteiger charge is 2.34. The second-order valence-corrected chi connectivity index (χ2v) is 8.32. The zero-order chi connectivity index (χ0) is 19.7. The number of likely N-dealkylation sites (tertiary alicyclic amines) is 1. The average molecular weight is 435 g/mol. The van der Waals surface area contributed by atoms with Crippen molar-refractivity contribution in [2.45, 2.75) is 26.0 Å². The van der Waals surface area contributed by atoms with E-state index in [-0.39, 0.29) is 36.8 Å². The second-order valence-electron chi connectivity index (χ2n) is 7.27. The molecule has 2 unspecified atom stereocenters. The molecule has 2 N–H and O–H groups in total.